The molecule has 0 atom stereocenters. The highest BCUT2D eigenvalue weighted by molar-refractivity contribution is 5.93. The van der Waals surface area contributed by atoms with Crippen LogP contribution in [0, 0.1) is 0 Å². The van der Waals surface area contributed by atoms with Crippen LogP contribution in [0.25, 0.3) is 11.6 Å². The highest BCUT2D eigenvalue weighted by Crippen LogP contribution is 2.34. The molecule has 1 aromatic rings. The molecule has 0 saturated carbocycles. The molecule has 0 bridgehead atoms. The quantitative estimate of drug-likeness (QED) is 0.816. The van der Waals surface area contributed by atoms with E-state index in [4.69, 9.17) is 0 Å². The van der Waals surface area contributed by atoms with Crippen molar-refractivity contribution in [2.75, 3.05) is 5.32 Å². The van der Waals surface area contributed by atoms with Gasteiger partial charge in [-0.15, -0.1) is 0 Å². The van der Waals surface area contributed by atoms with E-state index in [1.165, 1.54) is 11.1 Å². The number of ketones is 1. The van der Waals surface area contributed by atoms with Crippen molar-refractivity contribution in [3.05, 3.63) is 41.5 Å². The van der Waals surface area contributed by atoms with Crippen LogP contribution in [0.15, 0.2) is 30.4 Å². The molecule has 0 aliphatic carbocycles. The largest absolute Gasteiger partial charge is 0.376 e. The van der Waals surface area contributed by atoms with Crippen molar-refractivity contribution < 1.29 is 4.79 Å². The van der Waals surface area contributed by atoms with Gasteiger partial charge in [0.25, 0.3) is 0 Å². The molecule has 1 aliphatic rings. The number of rotatable bonds is 3. The molecule has 0 aromatic heterocycles. The Labute approximate surface area is 115 Å². The number of hydrogen-bond donors (Lipinski definition) is 1. The first-order valence-corrected chi connectivity index (χ1v) is 6.74. The molecule has 2 heteroatoms. The van der Waals surface area contributed by atoms with Gasteiger partial charge >= 0.3 is 0 Å². The van der Waals surface area contributed by atoms with Gasteiger partial charge in [-0.05, 0) is 50.1 Å². The number of nitrogens with one attached hydrogen (secondary N) is 1. The van der Waals surface area contributed by atoms with Crippen LogP contribution in [0.4, 0.5) is 5.69 Å². The first-order valence-electron chi connectivity index (χ1n) is 6.74. The van der Waals surface area contributed by atoms with Gasteiger partial charge in [-0.2, -0.15) is 0 Å². The molecule has 1 heterocycles. The maximum atomic E-state index is 11.3. The van der Waals surface area contributed by atoms with Crippen LogP contribution in [-0.4, -0.2) is 11.3 Å². The summed E-state index contributed by atoms with van der Waals surface area (Å²) in [7, 11) is 0. The molecule has 0 amide bonds. The first kappa shape index (κ1) is 13.6. The van der Waals surface area contributed by atoms with Gasteiger partial charge in [0.2, 0.25) is 0 Å². The van der Waals surface area contributed by atoms with Gasteiger partial charge < -0.3 is 5.32 Å². The molecule has 0 saturated heterocycles. The molecule has 0 spiro atoms. The highest BCUT2D eigenvalue weighted by Gasteiger charge is 2.21. The molecule has 2 nitrogen and oxygen atoms in total. The average molecular weight is 255 g/mol. The summed E-state index contributed by atoms with van der Waals surface area (Å²) in [5, 5.41) is 3.50. The minimum Gasteiger partial charge on any atom is -0.376 e. The summed E-state index contributed by atoms with van der Waals surface area (Å²) in [5.74, 6) is 0.157. The lowest BCUT2D eigenvalue weighted by Crippen LogP contribution is -2.31. The number of fused-ring (bicyclic) bond motifs is 1. The summed E-state index contributed by atoms with van der Waals surface area (Å²) >= 11 is 0. The molecule has 100 valence electrons. The lowest BCUT2D eigenvalue weighted by atomic mass is 9.90. The number of allylic oxidation sites excluding steroid dienone is 2. The van der Waals surface area contributed by atoms with Crippen LogP contribution in [0.1, 0.15) is 45.2 Å². The van der Waals surface area contributed by atoms with E-state index in [1.54, 1.807) is 6.08 Å². The Hall–Kier alpha value is -1.83. The smallest absolute Gasteiger partial charge is 0.155 e. The van der Waals surface area contributed by atoms with E-state index in [1.807, 2.05) is 19.1 Å². The number of hydrogen-bond acceptors (Lipinski definition) is 2. The van der Waals surface area contributed by atoms with E-state index in [0.29, 0.717) is 6.42 Å². The Balaban J connectivity index is 2.33. The Kier molecular flexibility index (Phi) is 3.61. The molecule has 1 aromatic carbocycles. The third-order valence-corrected chi connectivity index (χ3v) is 3.31. The van der Waals surface area contributed by atoms with E-state index in [-0.39, 0.29) is 11.3 Å². The Morgan fingerprint density at radius 1 is 1.37 bits per heavy atom. The molecule has 1 N–H and O–H groups in total. The van der Waals surface area contributed by atoms with Crippen LogP contribution in [0.2, 0.25) is 0 Å². The summed E-state index contributed by atoms with van der Waals surface area (Å²) in [6, 6.07) is 6.26. The lowest BCUT2D eigenvalue weighted by Gasteiger charge is -2.31. The third-order valence-electron chi connectivity index (χ3n) is 3.31. The third kappa shape index (κ3) is 3.14. The van der Waals surface area contributed by atoms with Gasteiger partial charge in [-0.1, -0.05) is 25.1 Å². The van der Waals surface area contributed by atoms with E-state index >= 15 is 0 Å². The molecule has 1 aliphatic heterocycles. The topological polar surface area (TPSA) is 29.1 Å². The highest BCUT2D eigenvalue weighted by atomic mass is 16.1. The van der Waals surface area contributed by atoms with E-state index < -0.39 is 0 Å². The Morgan fingerprint density at radius 2 is 2.11 bits per heavy atom. The van der Waals surface area contributed by atoms with Crippen molar-refractivity contribution in [1.82, 2.24) is 0 Å². The summed E-state index contributed by atoms with van der Waals surface area (Å²) in [5.41, 5.74) is 4.70. The minimum atomic E-state index is -0.00733. The Morgan fingerprint density at radius 3 is 2.79 bits per heavy atom. The van der Waals surface area contributed by atoms with Gasteiger partial charge in [0.05, 0.1) is 5.54 Å². The first-order chi connectivity index (χ1) is 8.91. The van der Waals surface area contributed by atoms with Crippen LogP contribution < -0.4 is 5.32 Å². The van der Waals surface area contributed by atoms with E-state index in [2.05, 4.69) is 44.3 Å². The molecular formula is C17H21NO. The van der Waals surface area contributed by atoms with Crippen LogP contribution in [-0.2, 0) is 4.79 Å². The maximum Gasteiger partial charge on any atom is 0.155 e. The molecule has 19 heavy (non-hydrogen) atoms. The van der Waals surface area contributed by atoms with Crippen LogP contribution in [0.5, 0.6) is 0 Å². The normalized spacial score (nSPS) is 16.7. The summed E-state index contributed by atoms with van der Waals surface area (Å²) in [6.07, 6.45) is 6.33. The predicted octanol–water partition coefficient (Wildman–Crippen LogP) is 4.29. The lowest BCUT2D eigenvalue weighted by molar-refractivity contribution is -0.114. The van der Waals surface area contributed by atoms with Crippen molar-refractivity contribution in [3.8, 4) is 0 Å². The van der Waals surface area contributed by atoms with E-state index in [9.17, 15) is 4.79 Å². The second kappa shape index (κ2) is 5.04. The minimum absolute atomic E-state index is 0.00733. The fraction of sp³-hybridized carbons (Fsp3) is 0.353. The molecule has 2 rings (SSSR count). The van der Waals surface area contributed by atoms with Crippen LogP contribution >= 0.6 is 0 Å². The number of benzene rings is 1. The monoisotopic (exact) mass is 255 g/mol. The molecule has 0 unspecified atom stereocenters. The standard InChI is InChI=1S/C17H21NO/c1-5-14(19)8-6-13-7-9-16-15(10-13)12(2)11-17(3,4)18-16/h6-11,18H,5H2,1-4H3. The summed E-state index contributed by atoms with van der Waals surface area (Å²) in [4.78, 5) is 11.3. The van der Waals surface area contributed by atoms with Gasteiger partial charge in [0.1, 0.15) is 0 Å². The van der Waals surface area contributed by atoms with Crippen LogP contribution in [0.3, 0.4) is 0 Å². The van der Waals surface area contributed by atoms with Crippen molar-refractivity contribution in [1.29, 1.82) is 0 Å². The van der Waals surface area contributed by atoms with Gasteiger partial charge in [-0.25, -0.2) is 0 Å². The van der Waals surface area contributed by atoms with Gasteiger partial charge in [0, 0.05) is 17.7 Å². The second-order valence-corrected chi connectivity index (χ2v) is 5.63. The van der Waals surface area contributed by atoms with Gasteiger partial charge in [-0.3, -0.25) is 4.79 Å². The van der Waals surface area contributed by atoms with Gasteiger partial charge in [0.15, 0.2) is 5.78 Å². The maximum absolute atomic E-state index is 11.3. The molecule has 0 radical (unpaired) electrons. The average Bonchev–Trinajstić information content (AvgIpc) is 2.35. The number of carbonyl (C=O) groups excluding carboxylic acids is 1. The molecular weight excluding hydrogens is 234 g/mol. The van der Waals surface area contributed by atoms with Crippen molar-refractivity contribution in [2.45, 2.75) is 39.7 Å². The summed E-state index contributed by atoms with van der Waals surface area (Å²) in [6.45, 7) is 8.32. The van der Waals surface area contributed by atoms with E-state index in [0.717, 1.165) is 11.3 Å². The fourth-order valence-electron chi connectivity index (χ4n) is 2.41. The van der Waals surface area contributed by atoms with Crippen molar-refractivity contribution in [3.63, 3.8) is 0 Å². The number of carbonyl (C=O) groups is 1. The number of anilines is 1. The molecule has 0 fully saturated rings. The zero-order chi connectivity index (χ0) is 14.0. The fourth-order valence-corrected chi connectivity index (χ4v) is 2.41. The second-order valence-electron chi connectivity index (χ2n) is 5.63. The van der Waals surface area contributed by atoms with Crippen molar-refractivity contribution >= 4 is 23.1 Å². The zero-order valence-electron chi connectivity index (χ0n) is 12.1. The zero-order valence-corrected chi connectivity index (χ0v) is 12.1. The predicted molar refractivity (Wildman–Crippen MR) is 82.1 cm³/mol. The Bertz CT molecular complexity index is 565. The van der Waals surface area contributed by atoms with Crippen molar-refractivity contribution in [2.24, 2.45) is 0 Å². The SMILES string of the molecule is CCC(=O)C=Cc1ccc2c(c1)C(C)=CC(C)(C)N2. The summed E-state index contributed by atoms with van der Waals surface area (Å²) < 4.78 is 0.